The van der Waals surface area contributed by atoms with Crippen molar-refractivity contribution in [1.29, 1.82) is 0 Å². The van der Waals surface area contributed by atoms with Gasteiger partial charge in [0.2, 0.25) is 0 Å². The first kappa shape index (κ1) is 22.8. The van der Waals surface area contributed by atoms with E-state index in [9.17, 15) is 4.21 Å². The van der Waals surface area contributed by atoms with Crippen LogP contribution in [-0.4, -0.2) is 43.5 Å². The van der Waals surface area contributed by atoms with Crippen molar-refractivity contribution in [3.05, 3.63) is 54.6 Å². The number of rotatable bonds is 14. The molecule has 3 rings (SSSR count). The maximum absolute atomic E-state index is 12.8. The van der Waals surface area contributed by atoms with Crippen LogP contribution in [-0.2, 0) is 11.0 Å². The molecule has 0 heterocycles. The lowest BCUT2D eigenvalue weighted by molar-refractivity contribution is 0.567. The second-order valence-electron chi connectivity index (χ2n) is 7.54. The van der Waals surface area contributed by atoms with E-state index in [4.69, 9.17) is 5.73 Å². The molecule has 1 unspecified atom stereocenters. The summed E-state index contributed by atoms with van der Waals surface area (Å²) >= 11 is 0. The molecule has 0 aliphatic heterocycles. The molecule has 6 heteroatoms. The van der Waals surface area contributed by atoms with Crippen molar-refractivity contribution in [2.75, 3.05) is 39.3 Å². The average molecular weight is 427 g/mol. The summed E-state index contributed by atoms with van der Waals surface area (Å²) in [5, 5.41) is 11.4. The number of hydrogen-bond donors (Lipinski definition) is 4. The standard InChI is InChI=1S/C24H34N4OS/c25-12-6-15-26-13-3-4-14-27-16-7-17-28-30(29)24-11-5-10-22-18-20-8-1-2-9-21(20)19-23(22)24/h1-2,5,8-11,18-19,26-28H,3-4,6-7,12-17,25H2. The van der Waals surface area contributed by atoms with E-state index >= 15 is 0 Å². The largest absolute Gasteiger partial charge is 0.330 e. The van der Waals surface area contributed by atoms with E-state index in [-0.39, 0.29) is 0 Å². The Kier molecular flexibility index (Phi) is 9.73. The molecule has 30 heavy (non-hydrogen) atoms. The summed E-state index contributed by atoms with van der Waals surface area (Å²) < 4.78 is 16.0. The van der Waals surface area contributed by atoms with Crippen molar-refractivity contribution in [2.24, 2.45) is 5.73 Å². The van der Waals surface area contributed by atoms with Gasteiger partial charge in [0, 0.05) is 6.54 Å². The predicted molar refractivity (Wildman–Crippen MR) is 129 cm³/mol. The lowest BCUT2D eigenvalue weighted by Gasteiger charge is -2.10. The van der Waals surface area contributed by atoms with Gasteiger partial charge in [-0.2, -0.15) is 0 Å². The van der Waals surface area contributed by atoms with Gasteiger partial charge in [0.1, 0.15) is 11.0 Å². The second kappa shape index (κ2) is 12.8. The summed E-state index contributed by atoms with van der Waals surface area (Å²) in [5.74, 6) is 0. The number of fused-ring (bicyclic) bond motifs is 2. The molecule has 0 fully saturated rings. The first-order valence-corrected chi connectivity index (χ1v) is 12.1. The molecule has 0 saturated carbocycles. The molecular weight excluding hydrogens is 392 g/mol. The number of hydrogen-bond acceptors (Lipinski definition) is 4. The summed E-state index contributed by atoms with van der Waals surface area (Å²) in [6.07, 6.45) is 4.34. The Bertz CT molecular complexity index is 947. The molecule has 0 saturated heterocycles. The van der Waals surface area contributed by atoms with Crippen LogP contribution in [0.1, 0.15) is 25.7 Å². The van der Waals surface area contributed by atoms with Crippen LogP contribution in [0.3, 0.4) is 0 Å². The molecule has 0 aromatic heterocycles. The number of nitrogens with one attached hydrogen (secondary N) is 3. The normalized spacial score (nSPS) is 12.6. The van der Waals surface area contributed by atoms with E-state index in [1.54, 1.807) is 0 Å². The van der Waals surface area contributed by atoms with Crippen molar-refractivity contribution in [3.8, 4) is 0 Å². The van der Waals surface area contributed by atoms with Gasteiger partial charge in [0.05, 0.1) is 4.90 Å². The van der Waals surface area contributed by atoms with Crippen molar-refractivity contribution >= 4 is 32.5 Å². The summed E-state index contributed by atoms with van der Waals surface area (Å²) in [6.45, 7) is 5.51. The van der Waals surface area contributed by atoms with Gasteiger partial charge in [-0.25, -0.2) is 8.93 Å². The fourth-order valence-electron chi connectivity index (χ4n) is 3.53. The smallest absolute Gasteiger partial charge is 0.125 e. The first-order chi connectivity index (χ1) is 14.8. The van der Waals surface area contributed by atoms with Gasteiger partial charge >= 0.3 is 0 Å². The molecule has 3 aromatic rings. The zero-order valence-electron chi connectivity index (χ0n) is 17.7. The Morgan fingerprint density at radius 1 is 0.700 bits per heavy atom. The zero-order valence-corrected chi connectivity index (χ0v) is 18.5. The number of nitrogens with two attached hydrogens (primary N) is 1. The van der Waals surface area contributed by atoms with Crippen LogP contribution in [0.25, 0.3) is 21.5 Å². The van der Waals surface area contributed by atoms with E-state index < -0.39 is 11.0 Å². The Balaban J connectivity index is 1.38. The molecule has 0 spiro atoms. The molecule has 1 atom stereocenters. The monoisotopic (exact) mass is 426 g/mol. The summed E-state index contributed by atoms with van der Waals surface area (Å²) in [7, 11) is -1.21. The molecular formula is C24H34N4OS. The van der Waals surface area contributed by atoms with Gasteiger partial charge in [-0.15, -0.1) is 0 Å². The molecule has 0 aliphatic rings. The topological polar surface area (TPSA) is 79.2 Å². The molecule has 3 aromatic carbocycles. The van der Waals surface area contributed by atoms with E-state index in [2.05, 4.69) is 45.7 Å². The minimum Gasteiger partial charge on any atom is -0.330 e. The molecule has 162 valence electrons. The van der Waals surface area contributed by atoms with Crippen molar-refractivity contribution in [3.63, 3.8) is 0 Å². The minimum atomic E-state index is -1.21. The maximum Gasteiger partial charge on any atom is 0.125 e. The van der Waals surface area contributed by atoms with E-state index in [0.717, 1.165) is 67.8 Å². The van der Waals surface area contributed by atoms with Gasteiger partial charge in [-0.05, 0) is 98.2 Å². The molecule has 0 radical (unpaired) electrons. The highest BCUT2D eigenvalue weighted by molar-refractivity contribution is 7.83. The van der Waals surface area contributed by atoms with Crippen molar-refractivity contribution < 1.29 is 4.21 Å². The Labute approximate surface area is 182 Å². The third kappa shape index (κ3) is 6.86. The maximum atomic E-state index is 12.8. The predicted octanol–water partition coefficient (Wildman–Crippen LogP) is 3.30. The minimum absolute atomic E-state index is 0.726. The number of unbranched alkanes of at least 4 members (excludes halogenated alkanes) is 1. The lowest BCUT2D eigenvalue weighted by Crippen LogP contribution is -2.25. The van der Waals surface area contributed by atoms with Gasteiger partial charge in [-0.1, -0.05) is 36.4 Å². The van der Waals surface area contributed by atoms with Crippen LogP contribution in [0.4, 0.5) is 0 Å². The Hall–Kier alpha value is -1.83. The lowest BCUT2D eigenvalue weighted by atomic mass is 10.0. The fraction of sp³-hybridized carbons (Fsp3) is 0.417. The zero-order chi connectivity index (χ0) is 21.0. The summed E-state index contributed by atoms with van der Waals surface area (Å²) in [5.41, 5.74) is 5.47. The highest BCUT2D eigenvalue weighted by Crippen LogP contribution is 2.26. The van der Waals surface area contributed by atoms with Crippen LogP contribution in [0, 0.1) is 0 Å². The number of benzene rings is 3. The third-order valence-electron chi connectivity index (χ3n) is 5.18. The van der Waals surface area contributed by atoms with Crippen molar-refractivity contribution in [1.82, 2.24) is 15.4 Å². The second-order valence-corrected chi connectivity index (χ2v) is 8.81. The van der Waals surface area contributed by atoms with Crippen LogP contribution in [0.15, 0.2) is 59.5 Å². The van der Waals surface area contributed by atoms with Gasteiger partial charge < -0.3 is 16.4 Å². The SMILES string of the molecule is NCCCNCCCCNCCCNS(=O)c1cccc2cc3ccccc3cc12. The Morgan fingerprint density at radius 2 is 1.33 bits per heavy atom. The Morgan fingerprint density at radius 3 is 2.07 bits per heavy atom. The summed E-state index contributed by atoms with van der Waals surface area (Å²) in [6, 6.07) is 18.6. The van der Waals surface area contributed by atoms with Crippen LogP contribution in [0.5, 0.6) is 0 Å². The molecule has 0 bridgehead atoms. The van der Waals surface area contributed by atoms with Crippen LogP contribution < -0.4 is 21.1 Å². The average Bonchev–Trinajstić information content (AvgIpc) is 2.77. The first-order valence-electron chi connectivity index (χ1n) is 11.0. The van der Waals surface area contributed by atoms with E-state index in [1.807, 2.05) is 24.3 Å². The van der Waals surface area contributed by atoms with E-state index in [1.165, 1.54) is 23.6 Å². The molecule has 5 N–H and O–H groups in total. The highest BCUT2D eigenvalue weighted by atomic mass is 32.2. The quantitative estimate of drug-likeness (QED) is 0.236. The highest BCUT2D eigenvalue weighted by Gasteiger charge is 2.09. The van der Waals surface area contributed by atoms with Crippen LogP contribution >= 0.6 is 0 Å². The molecule has 0 amide bonds. The summed E-state index contributed by atoms with van der Waals surface area (Å²) in [4.78, 5) is 0.855. The van der Waals surface area contributed by atoms with Gasteiger partial charge in [-0.3, -0.25) is 0 Å². The van der Waals surface area contributed by atoms with Gasteiger partial charge in [0.15, 0.2) is 0 Å². The molecule has 0 aliphatic carbocycles. The van der Waals surface area contributed by atoms with Crippen LogP contribution in [0.2, 0.25) is 0 Å². The van der Waals surface area contributed by atoms with Crippen molar-refractivity contribution in [2.45, 2.75) is 30.6 Å². The molecule has 5 nitrogen and oxygen atoms in total. The fourth-order valence-corrected chi connectivity index (χ4v) is 4.60. The van der Waals surface area contributed by atoms with Gasteiger partial charge in [0.25, 0.3) is 0 Å². The van der Waals surface area contributed by atoms with E-state index in [0.29, 0.717) is 0 Å². The third-order valence-corrected chi connectivity index (χ3v) is 6.41.